The number of benzene rings is 1. The van der Waals surface area contributed by atoms with E-state index in [1.165, 1.54) is 29.3 Å². The minimum absolute atomic E-state index is 0.0923. The van der Waals surface area contributed by atoms with Gasteiger partial charge in [-0.2, -0.15) is 0 Å². The molecule has 0 saturated carbocycles. The summed E-state index contributed by atoms with van der Waals surface area (Å²) in [5.41, 5.74) is 1.43. The molecule has 0 aliphatic heterocycles. The number of carbonyl (C=O) groups excluding carboxylic acids is 2. The quantitative estimate of drug-likeness (QED) is 0.602. The average Bonchev–Trinajstić information content (AvgIpc) is 3.18. The Morgan fingerprint density at radius 2 is 2.00 bits per heavy atom. The minimum atomic E-state index is -0.758. The van der Waals surface area contributed by atoms with E-state index in [1.807, 2.05) is 49.6 Å². The fraction of sp³-hybridized carbons (Fsp3) is 0.333. The van der Waals surface area contributed by atoms with Crippen LogP contribution in [-0.4, -0.2) is 34.6 Å². The first kappa shape index (κ1) is 20.7. The summed E-state index contributed by atoms with van der Waals surface area (Å²) in [6.45, 7) is 3.56. The number of rotatable bonds is 7. The summed E-state index contributed by atoms with van der Waals surface area (Å²) in [6, 6.07) is 8.82. The Labute approximate surface area is 172 Å². The lowest BCUT2D eigenvalue weighted by Crippen LogP contribution is -2.47. The van der Waals surface area contributed by atoms with E-state index < -0.39 is 17.9 Å². The van der Waals surface area contributed by atoms with Gasteiger partial charge in [0.2, 0.25) is 5.91 Å². The predicted molar refractivity (Wildman–Crippen MR) is 113 cm³/mol. The second-order valence-electron chi connectivity index (χ2n) is 6.83. The lowest BCUT2D eigenvalue weighted by Gasteiger charge is -2.22. The third kappa shape index (κ3) is 4.37. The molecule has 0 saturated heterocycles. The standard InChI is InChI=1S/C21H23N3O4S/c1-4-13(2)18(21(27)28-3)23-16(25)10-24-12-22-19-17(20(24)26)15(11-29-19)14-8-6-5-7-9-14/h5-9,11-13,18H,4,10H2,1-3H3,(H,23,25)/t13-,18+/m0/s1. The summed E-state index contributed by atoms with van der Waals surface area (Å²) in [6.07, 6.45) is 2.06. The van der Waals surface area contributed by atoms with Gasteiger partial charge in [-0.05, 0) is 11.5 Å². The van der Waals surface area contributed by atoms with Gasteiger partial charge in [0.25, 0.3) is 5.56 Å². The molecule has 0 unspecified atom stereocenters. The molecule has 152 valence electrons. The van der Waals surface area contributed by atoms with E-state index in [2.05, 4.69) is 10.3 Å². The maximum absolute atomic E-state index is 13.0. The van der Waals surface area contributed by atoms with Crippen LogP contribution in [0.3, 0.4) is 0 Å². The van der Waals surface area contributed by atoms with Crippen LogP contribution in [0.2, 0.25) is 0 Å². The van der Waals surface area contributed by atoms with Gasteiger partial charge < -0.3 is 10.1 Å². The smallest absolute Gasteiger partial charge is 0.328 e. The zero-order valence-electron chi connectivity index (χ0n) is 16.5. The largest absolute Gasteiger partial charge is 0.467 e. The van der Waals surface area contributed by atoms with Crippen molar-refractivity contribution in [1.82, 2.24) is 14.9 Å². The molecule has 1 amide bonds. The van der Waals surface area contributed by atoms with E-state index in [0.29, 0.717) is 16.6 Å². The van der Waals surface area contributed by atoms with E-state index in [-0.39, 0.29) is 18.0 Å². The highest BCUT2D eigenvalue weighted by Gasteiger charge is 2.27. The Bertz CT molecular complexity index is 1070. The van der Waals surface area contributed by atoms with Crippen LogP contribution in [0.5, 0.6) is 0 Å². The van der Waals surface area contributed by atoms with Gasteiger partial charge in [0, 0.05) is 10.9 Å². The molecular weight excluding hydrogens is 390 g/mol. The van der Waals surface area contributed by atoms with Gasteiger partial charge in [-0.1, -0.05) is 50.6 Å². The molecule has 2 atom stereocenters. The van der Waals surface area contributed by atoms with Crippen molar-refractivity contribution in [2.75, 3.05) is 7.11 Å². The monoisotopic (exact) mass is 413 g/mol. The minimum Gasteiger partial charge on any atom is -0.467 e. The van der Waals surface area contributed by atoms with Gasteiger partial charge in [-0.25, -0.2) is 9.78 Å². The number of hydrogen-bond donors (Lipinski definition) is 1. The van der Waals surface area contributed by atoms with Crippen molar-refractivity contribution < 1.29 is 14.3 Å². The van der Waals surface area contributed by atoms with Crippen LogP contribution in [-0.2, 0) is 20.9 Å². The van der Waals surface area contributed by atoms with E-state index >= 15 is 0 Å². The number of aromatic nitrogens is 2. The summed E-state index contributed by atoms with van der Waals surface area (Å²) < 4.78 is 6.05. The topological polar surface area (TPSA) is 90.3 Å². The van der Waals surface area contributed by atoms with Crippen LogP contribution >= 0.6 is 11.3 Å². The van der Waals surface area contributed by atoms with Crippen molar-refractivity contribution in [1.29, 1.82) is 0 Å². The van der Waals surface area contributed by atoms with Crippen molar-refractivity contribution in [2.24, 2.45) is 5.92 Å². The van der Waals surface area contributed by atoms with Crippen LogP contribution in [0.15, 0.2) is 46.8 Å². The molecule has 0 bridgehead atoms. The molecule has 0 radical (unpaired) electrons. The first-order valence-electron chi connectivity index (χ1n) is 9.35. The maximum Gasteiger partial charge on any atom is 0.328 e. The summed E-state index contributed by atoms with van der Waals surface area (Å²) in [5, 5.41) is 5.07. The SMILES string of the molecule is CC[C@H](C)[C@@H](NC(=O)Cn1cnc2scc(-c3ccccc3)c2c1=O)C(=O)OC. The molecular formula is C21H23N3O4S. The first-order valence-corrected chi connectivity index (χ1v) is 10.2. The van der Waals surface area contributed by atoms with Crippen LogP contribution in [0, 0.1) is 5.92 Å². The van der Waals surface area contributed by atoms with Crippen molar-refractivity contribution in [3.8, 4) is 11.1 Å². The first-order chi connectivity index (χ1) is 14.0. The van der Waals surface area contributed by atoms with Crippen LogP contribution in [0.25, 0.3) is 21.3 Å². The Morgan fingerprint density at radius 1 is 1.28 bits per heavy atom. The molecule has 1 N–H and O–H groups in total. The van der Waals surface area contributed by atoms with Crippen molar-refractivity contribution in [3.05, 3.63) is 52.4 Å². The van der Waals surface area contributed by atoms with E-state index in [9.17, 15) is 14.4 Å². The number of amides is 1. The molecule has 0 aliphatic rings. The maximum atomic E-state index is 13.0. The lowest BCUT2D eigenvalue weighted by atomic mass is 9.99. The Hall–Kier alpha value is -3.00. The van der Waals surface area contributed by atoms with Crippen molar-refractivity contribution in [2.45, 2.75) is 32.9 Å². The molecule has 0 fully saturated rings. The number of carbonyl (C=O) groups is 2. The van der Waals surface area contributed by atoms with E-state index in [4.69, 9.17) is 4.74 Å². The number of fused-ring (bicyclic) bond motifs is 1. The normalized spacial score (nSPS) is 13.1. The number of thiophene rings is 1. The Balaban J connectivity index is 1.89. The highest BCUT2D eigenvalue weighted by atomic mass is 32.1. The van der Waals surface area contributed by atoms with E-state index in [1.54, 1.807) is 0 Å². The van der Waals surface area contributed by atoms with Crippen LogP contribution in [0.1, 0.15) is 20.3 Å². The molecule has 29 heavy (non-hydrogen) atoms. The highest BCUT2D eigenvalue weighted by molar-refractivity contribution is 7.17. The van der Waals surface area contributed by atoms with Crippen molar-refractivity contribution >= 4 is 33.4 Å². The fourth-order valence-corrected chi connectivity index (χ4v) is 3.99. The van der Waals surface area contributed by atoms with Gasteiger partial charge in [-0.3, -0.25) is 14.2 Å². The number of nitrogens with zero attached hydrogens (tertiary/aromatic N) is 2. The molecule has 0 aliphatic carbocycles. The van der Waals surface area contributed by atoms with Gasteiger partial charge in [0.15, 0.2) is 0 Å². The zero-order valence-corrected chi connectivity index (χ0v) is 17.4. The number of nitrogens with one attached hydrogen (secondary N) is 1. The molecule has 3 rings (SSSR count). The van der Waals surface area contributed by atoms with Gasteiger partial charge in [0.05, 0.1) is 18.8 Å². The molecule has 3 aromatic rings. The second-order valence-corrected chi connectivity index (χ2v) is 7.69. The second kappa shape index (κ2) is 9.00. The fourth-order valence-electron chi connectivity index (χ4n) is 3.08. The molecule has 2 aromatic heterocycles. The number of esters is 1. The zero-order chi connectivity index (χ0) is 21.0. The summed E-state index contributed by atoms with van der Waals surface area (Å²) >= 11 is 1.39. The average molecular weight is 413 g/mol. The van der Waals surface area contributed by atoms with E-state index in [0.717, 1.165) is 11.1 Å². The Kier molecular flexibility index (Phi) is 6.43. The van der Waals surface area contributed by atoms with Crippen molar-refractivity contribution in [3.63, 3.8) is 0 Å². The van der Waals surface area contributed by atoms with Gasteiger partial charge in [0.1, 0.15) is 17.4 Å². The lowest BCUT2D eigenvalue weighted by molar-refractivity contribution is -0.146. The Morgan fingerprint density at radius 3 is 2.66 bits per heavy atom. The number of ether oxygens (including phenoxy) is 1. The van der Waals surface area contributed by atoms with Crippen LogP contribution < -0.4 is 10.9 Å². The molecule has 2 heterocycles. The molecule has 1 aromatic carbocycles. The highest BCUT2D eigenvalue weighted by Crippen LogP contribution is 2.30. The molecule has 8 heteroatoms. The summed E-state index contributed by atoms with van der Waals surface area (Å²) in [5.74, 6) is -1.04. The van der Waals surface area contributed by atoms with Crippen LogP contribution in [0.4, 0.5) is 0 Å². The molecule has 0 spiro atoms. The number of hydrogen-bond acceptors (Lipinski definition) is 6. The van der Waals surface area contributed by atoms with Gasteiger partial charge in [-0.15, -0.1) is 11.3 Å². The summed E-state index contributed by atoms with van der Waals surface area (Å²) in [4.78, 5) is 42.5. The third-order valence-electron chi connectivity index (χ3n) is 4.94. The number of methoxy groups -OCH3 is 1. The summed E-state index contributed by atoms with van der Waals surface area (Å²) in [7, 11) is 1.29. The molecule has 7 nitrogen and oxygen atoms in total. The van der Waals surface area contributed by atoms with Gasteiger partial charge >= 0.3 is 5.97 Å². The predicted octanol–water partition coefficient (Wildman–Crippen LogP) is 2.83. The third-order valence-corrected chi connectivity index (χ3v) is 5.83.